The Bertz CT molecular complexity index is 1130. The van der Waals surface area contributed by atoms with Crippen molar-refractivity contribution in [2.75, 3.05) is 27.2 Å². The summed E-state index contributed by atoms with van der Waals surface area (Å²) in [6.07, 6.45) is 2.99. The van der Waals surface area contributed by atoms with Crippen molar-refractivity contribution in [3.8, 4) is 5.69 Å². The van der Waals surface area contributed by atoms with Crippen LogP contribution < -0.4 is 0 Å². The Morgan fingerprint density at radius 1 is 1.16 bits per heavy atom. The number of ketones is 1. The number of carbonyl (C=O) groups is 2. The molecule has 1 aromatic carbocycles. The molecule has 1 aliphatic heterocycles. The van der Waals surface area contributed by atoms with Crippen LogP contribution in [0.1, 0.15) is 23.1 Å². The maximum Gasteiger partial charge on any atom is 0.295 e. The van der Waals surface area contributed by atoms with Gasteiger partial charge in [-0.2, -0.15) is 5.10 Å². The molecule has 31 heavy (non-hydrogen) atoms. The summed E-state index contributed by atoms with van der Waals surface area (Å²) in [6.45, 7) is 2.69. The zero-order valence-electron chi connectivity index (χ0n) is 17.6. The van der Waals surface area contributed by atoms with Gasteiger partial charge in [-0.3, -0.25) is 9.59 Å². The van der Waals surface area contributed by atoms with Gasteiger partial charge in [-0.15, -0.1) is 0 Å². The molecule has 3 aromatic rings. The number of nitrogens with zero attached hydrogens (tertiary/aromatic N) is 4. The van der Waals surface area contributed by atoms with Gasteiger partial charge in [-0.25, -0.2) is 4.68 Å². The third kappa shape index (κ3) is 3.66. The second kappa shape index (κ2) is 8.23. The second-order valence-electron chi connectivity index (χ2n) is 7.70. The first-order valence-corrected chi connectivity index (χ1v) is 9.97. The van der Waals surface area contributed by atoms with E-state index in [0.29, 0.717) is 30.1 Å². The van der Waals surface area contributed by atoms with Gasteiger partial charge in [-0.1, -0.05) is 18.2 Å². The molecule has 4 rings (SSSR count). The molecule has 1 fully saturated rings. The van der Waals surface area contributed by atoms with E-state index in [4.69, 9.17) is 4.42 Å². The maximum absolute atomic E-state index is 13.0. The molecule has 1 atom stereocenters. The van der Waals surface area contributed by atoms with Crippen LogP contribution in [0.3, 0.4) is 0 Å². The zero-order valence-corrected chi connectivity index (χ0v) is 17.6. The summed E-state index contributed by atoms with van der Waals surface area (Å²) in [5.41, 5.74) is 1.88. The van der Waals surface area contributed by atoms with Crippen molar-refractivity contribution in [2.45, 2.75) is 13.0 Å². The summed E-state index contributed by atoms with van der Waals surface area (Å²) in [7, 11) is 3.78. The monoisotopic (exact) mass is 420 g/mol. The number of hydrogen-bond donors (Lipinski definition) is 1. The lowest BCUT2D eigenvalue weighted by Gasteiger charge is -2.24. The summed E-state index contributed by atoms with van der Waals surface area (Å²) in [4.78, 5) is 29.2. The van der Waals surface area contributed by atoms with Gasteiger partial charge >= 0.3 is 0 Å². The molecule has 8 heteroatoms. The Labute approximate surface area is 180 Å². The van der Waals surface area contributed by atoms with Crippen LogP contribution >= 0.6 is 0 Å². The topological polar surface area (TPSA) is 91.8 Å². The molecule has 3 heterocycles. The van der Waals surface area contributed by atoms with Gasteiger partial charge in [0.1, 0.15) is 17.6 Å². The van der Waals surface area contributed by atoms with Gasteiger partial charge in [0, 0.05) is 13.1 Å². The number of para-hydroxylation sites is 1. The summed E-state index contributed by atoms with van der Waals surface area (Å²) < 4.78 is 7.23. The Morgan fingerprint density at radius 3 is 2.55 bits per heavy atom. The molecule has 8 nitrogen and oxygen atoms in total. The highest BCUT2D eigenvalue weighted by atomic mass is 16.3. The summed E-state index contributed by atoms with van der Waals surface area (Å²) >= 11 is 0. The molecule has 0 radical (unpaired) electrons. The second-order valence-corrected chi connectivity index (χ2v) is 7.70. The van der Waals surface area contributed by atoms with E-state index in [1.54, 1.807) is 23.7 Å². The third-order valence-corrected chi connectivity index (χ3v) is 5.41. The molecule has 0 saturated carbocycles. The van der Waals surface area contributed by atoms with Gasteiger partial charge in [-0.05, 0) is 45.3 Å². The van der Waals surface area contributed by atoms with Crippen LogP contribution in [0.2, 0.25) is 0 Å². The maximum atomic E-state index is 13.0. The Balaban J connectivity index is 1.81. The minimum Gasteiger partial charge on any atom is -0.507 e. The van der Waals surface area contributed by atoms with E-state index >= 15 is 0 Å². The van der Waals surface area contributed by atoms with Gasteiger partial charge < -0.3 is 19.3 Å². The quantitative estimate of drug-likeness (QED) is 0.375. The molecule has 0 bridgehead atoms. The highest BCUT2D eigenvalue weighted by molar-refractivity contribution is 6.46. The minimum atomic E-state index is -0.797. The Kier molecular flexibility index (Phi) is 5.48. The van der Waals surface area contributed by atoms with Gasteiger partial charge in [0.2, 0.25) is 0 Å². The number of likely N-dealkylation sites (N-methyl/N-ethyl adjacent to an activating group) is 1. The number of aliphatic hydroxyl groups excluding tert-OH is 1. The highest BCUT2D eigenvalue weighted by Gasteiger charge is 2.47. The predicted octanol–water partition coefficient (Wildman–Crippen LogP) is 2.76. The molecular weight excluding hydrogens is 396 g/mol. The number of Topliss-reactive ketones (excluding diaryl/α,β-unsaturated/α-hetero) is 1. The van der Waals surface area contributed by atoms with E-state index < -0.39 is 17.7 Å². The van der Waals surface area contributed by atoms with Gasteiger partial charge in [0.15, 0.2) is 0 Å². The smallest absolute Gasteiger partial charge is 0.295 e. The molecule has 0 unspecified atom stereocenters. The van der Waals surface area contributed by atoms with Crippen molar-refractivity contribution in [3.63, 3.8) is 0 Å². The van der Waals surface area contributed by atoms with Crippen molar-refractivity contribution < 1.29 is 19.1 Å². The Morgan fingerprint density at radius 2 is 1.90 bits per heavy atom. The first-order valence-electron chi connectivity index (χ1n) is 9.97. The number of benzene rings is 1. The standard InChI is InChI=1S/C23H24N4O4/c1-15-17(14-24-27(15)16-8-5-4-6-9-16)21(28)19-20(18-10-7-13-31-18)26(12-11-25(2)3)23(30)22(19)29/h4-10,13-14,20,28H,11-12H2,1-3H3/b21-19+/t20-/m1/s1. The summed E-state index contributed by atoms with van der Waals surface area (Å²) in [5, 5.41) is 15.6. The van der Waals surface area contributed by atoms with Crippen molar-refractivity contribution in [2.24, 2.45) is 0 Å². The SMILES string of the molecule is Cc1c(/C(O)=C2\C(=O)C(=O)N(CCN(C)C)[C@@H]2c2ccco2)cnn1-c1ccccc1. The predicted molar refractivity (Wildman–Crippen MR) is 115 cm³/mol. The molecule has 2 aromatic heterocycles. The fourth-order valence-electron chi connectivity index (χ4n) is 3.78. The highest BCUT2D eigenvalue weighted by Crippen LogP contribution is 2.39. The van der Waals surface area contributed by atoms with Crippen LogP contribution in [0.5, 0.6) is 0 Å². The fourth-order valence-corrected chi connectivity index (χ4v) is 3.78. The lowest BCUT2D eigenvalue weighted by Crippen LogP contribution is -2.35. The molecule has 0 aliphatic carbocycles. The average molecular weight is 420 g/mol. The number of likely N-dealkylation sites (tertiary alicyclic amines) is 1. The number of furan rings is 1. The Hall–Kier alpha value is -3.65. The number of hydrogen-bond acceptors (Lipinski definition) is 6. The number of aromatic nitrogens is 2. The van der Waals surface area contributed by atoms with Gasteiger partial charge in [0.25, 0.3) is 11.7 Å². The van der Waals surface area contributed by atoms with Crippen molar-refractivity contribution >= 4 is 17.4 Å². The van der Waals surface area contributed by atoms with E-state index in [2.05, 4.69) is 5.10 Å². The molecule has 160 valence electrons. The first kappa shape index (κ1) is 20.6. The van der Waals surface area contributed by atoms with Crippen LogP contribution in [0.15, 0.2) is 64.9 Å². The van der Waals surface area contributed by atoms with Crippen molar-refractivity contribution in [3.05, 3.63) is 77.5 Å². The lowest BCUT2D eigenvalue weighted by atomic mass is 9.99. The molecule has 1 aliphatic rings. The van der Waals surface area contributed by atoms with E-state index in [9.17, 15) is 14.7 Å². The van der Waals surface area contributed by atoms with E-state index in [0.717, 1.165) is 5.69 Å². The van der Waals surface area contributed by atoms with Crippen LogP contribution in [0.25, 0.3) is 11.4 Å². The average Bonchev–Trinajstić information content (AvgIpc) is 3.47. The minimum absolute atomic E-state index is 0.00872. The molecular formula is C23H24N4O4. The first-order chi connectivity index (χ1) is 14.9. The summed E-state index contributed by atoms with van der Waals surface area (Å²) in [6, 6.07) is 12.1. The zero-order chi connectivity index (χ0) is 22.1. The third-order valence-electron chi connectivity index (χ3n) is 5.41. The molecule has 1 amide bonds. The normalized spacial score (nSPS) is 18.3. The van der Waals surface area contributed by atoms with E-state index in [-0.39, 0.29) is 11.3 Å². The number of aliphatic hydroxyl groups is 1. The summed E-state index contributed by atoms with van der Waals surface area (Å²) in [5.74, 6) is -1.22. The molecule has 1 N–H and O–H groups in total. The number of carbonyl (C=O) groups excluding carboxylic acids is 2. The van der Waals surface area contributed by atoms with Crippen LogP contribution in [-0.4, -0.2) is 63.6 Å². The molecule has 0 spiro atoms. The molecule has 1 saturated heterocycles. The lowest BCUT2D eigenvalue weighted by molar-refractivity contribution is -0.140. The van der Waals surface area contributed by atoms with Crippen molar-refractivity contribution in [1.29, 1.82) is 0 Å². The number of rotatable bonds is 6. The van der Waals surface area contributed by atoms with Crippen LogP contribution in [0, 0.1) is 6.92 Å². The van der Waals surface area contributed by atoms with E-state index in [1.807, 2.05) is 49.3 Å². The van der Waals surface area contributed by atoms with E-state index in [1.165, 1.54) is 17.4 Å². The van der Waals surface area contributed by atoms with Gasteiger partial charge in [0.05, 0.1) is 35.0 Å². The largest absolute Gasteiger partial charge is 0.507 e. The fraction of sp³-hybridized carbons (Fsp3) is 0.261. The van der Waals surface area contributed by atoms with Crippen LogP contribution in [-0.2, 0) is 9.59 Å². The number of amides is 1. The van der Waals surface area contributed by atoms with Crippen LogP contribution in [0.4, 0.5) is 0 Å². The van der Waals surface area contributed by atoms with Crippen molar-refractivity contribution in [1.82, 2.24) is 19.6 Å².